The van der Waals surface area contributed by atoms with E-state index >= 15 is 0 Å². The molecule has 0 aromatic heterocycles. The number of rotatable bonds is 10. The average Bonchev–Trinajstić information content (AvgIpc) is 3.65. The zero-order chi connectivity index (χ0) is 40.4. The number of anilines is 1. The quantitative estimate of drug-likeness (QED) is 0.0401. The van der Waals surface area contributed by atoms with Crippen LogP contribution >= 0.6 is 0 Å². The van der Waals surface area contributed by atoms with Gasteiger partial charge in [0.05, 0.1) is 5.41 Å². The molecule has 0 N–H and O–H groups in total. The number of carbonyl (C=O) groups is 3. The number of benzene rings is 4. The smallest absolute Gasteiger partial charge is 0.418 e. The van der Waals surface area contributed by atoms with E-state index < -0.39 is 25.0 Å². The molecule has 0 saturated carbocycles. The highest BCUT2D eigenvalue weighted by Crippen LogP contribution is 2.51. The van der Waals surface area contributed by atoms with Crippen LogP contribution in [0.3, 0.4) is 0 Å². The van der Waals surface area contributed by atoms with E-state index in [1.54, 1.807) is 0 Å². The molecule has 1 saturated heterocycles. The van der Waals surface area contributed by atoms with Gasteiger partial charge < -0.3 is 27.0 Å². The van der Waals surface area contributed by atoms with Crippen LogP contribution in [0.15, 0.2) is 109 Å². The lowest BCUT2D eigenvalue weighted by atomic mass is 9.79. The Kier molecular flexibility index (Phi) is 11.4. The minimum Gasteiger partial charge on any atom is -0.418 e. The summed E-state index contributed by atoms with van der Waals surface area (Å²) in [6, 6.07) is 26.1. The molecule has 4 aromatic rings. The first-order valence-electron chi connectivity index (χ1n) is 18.9. The van der Waals surface area contributed by atoms with Gasteiger partial charge in [-0.15, -0.1) is 5.06 Å². The summed E-state index contributed by atoms with van der Waals surface area (Å²) in [6.45, 7) is 10.0. The van der Waals surface area contributed by atoms with Gasteiger partial charge in [-0.25, -0.2) is 4.79 Å². The zero-order valence-corrected chi connectivity index (χ0v) is 32.3. The van der Waals surface area contributed by atoms with Gasteiger partial charge in [0.15, 0.2) is 5.71 Å². The number of hydrogen-bond acceptors (Lipinski definition) is 5. The van der Waals surface area contributed by atoms with Crippen LogP contribution in [0.4, 0.5) is 28.6 Å². The van der Waals surface area contributed by atoms with Crippen molar-refractivity contribution in [3.63, 3.8) is 0 Å². The number of nitrogens with zero attached hydrogens (tertiary/aromatic N) is 3. The predicted octanol–water partition coefficient (Wildman–Crippen LogP) is 10.3. The van der Waals surface area contributed by atoms with Crippen molar-refractivity contribution < 1.29 is 41.1 Å². The topological polar surface area (TPSA) is 69.9 Å². The minimum absolute atomic E-state index is 0.0951. The molecule has 0 unspecified atom stereocenters. The van der Waals surface area contributed by atoms with E-state index in [0.29, 0.717) is 11.5 Å². The van der Waals surface area contributed by atoms with Gasteiger partial charge in [-0.3, -0.25) is 9.59 Å². The van der Waals surface area contributed by atoms with Crippen LogP contribution in [-0.2, 0) is 30.1 Å². The molecule has 2 amide bonds. The lowest BCUT2D eigenvalue weighted by molar-refractivity contribution is -0.401. The molecule has 3 heterocycles. The molecule has 292 valence electrons. The maximum atomic E-state index is 12.3. The maximum absolute atomic E-state index is 12.3. The van der Waals surface area contributed by atoms with Gasteiger partial charge in [0.25, 0.3) is 11.8 Å². The molecule has 0 atom stereocenters. The molecule has 56 heavy (non-hydrogen) atoms. The molecule has 0 aliphatic carbocycles. The van der Waals surface area contributed by atoms with Crippen molar-refractivity contribution in [2.24, 2.45) is 0 Å². The second kappa shape index (κ2) is 15.9. The second-order valence-electron chi connectivity index (χ2n) is 15.4. The summed E-state index contributed by atoms with van der Waals surface area (Å²) in [7, 11) is -3.84. The molecule has 4 aromatic carbocycles. The van der Waals surface area contributed by atoms with Crippen LogP contribution < -0.4 is 4.90 Å². The molecular weight excluding hydrogens is 721 g/mol. The van der Waals surface area contributed by atoms with Crippen LogP contribution in [-0.4, -0.2) is 54.0 Å². The molecule has 3 aliphatic heterocycles. The molecule has 3 aliphatic rings. The van der Waals surface area contributed by atoms with Crippen molar-refractivity contribution >= 4 is 63.7 Å². The standard InChI is InChI=1S/C44H46N3O4.BF4/c1-43(2)36(45(5)34-25-23-30-16-11-13-18-32(30)41(34)43)20-8-6-9-21-37-44(3,4)42-33-19-14-12-17-31(33)24-26-35(42)46(37)29-15-7-10-22-40(50)51-47-38(48)27-28-39(47)49;2-1(3,4)5/h6,8-9,11-14,16-21,23-26H,7,10,15,22,27-29H2,1-5H3;/q+1;-1. The van der Waals surface area contributed by atoms with E-state index in [-0.39, 0.29) is 30.1 Å². The minimum atomic E-state index is -6.00. The van der Waals surface area contributed by atoms with Crippen molar-refractivity contribution in [2.75, 3.05) is 18.5 Å². The number of hydroxylamine groups is 2. The summed E-state index contributed by atoms with van der Waals surface area (Å²) in [5.41, 5.74) is 7.30. The van der Waals surface area contributed by atoms with Gasteiger partial charge >= 0.3 is 13.2 Å². The van der Waals surface area contributed by atoms with Crippen LogP contribution in [0.25, 0.3) is 21.5 Å². The molecule has 7 rings (SSSR count). The monoisotopic (exact) mass is 767 g/mol. The summed E-state index contributed by atoms with van der Waals surface area (Å²) < 4.78 is 41.3. The molecule has 0 bridgehead atoms. The molecule has 1 fully saturated rings. The molecule has 0 radical (unpaired) electrons. The second-order valence-corrected chi connectivity index (χ2v) is 15.4. The van der Waals surface area contributed by atoms with Crippen LogP contribution in [0.5, 0.6) is 0 Å². The number of amides is 2. The lowest BCUT2D eigenvalue weighted by Crippen LogP contribution is -2.32. The van der Waals surface area contributed by atoms with Gasteiger partial charge in [-0.05, 0) is 72.0 Å². The summed E-state index contributed by atoms with van der Waals surface area (Å²) in [5, 5.41) is 5.69. The number of unbranched alkanes of at least 4 members (excludes halogenated alkanes) is 2. The van der Waals surface area contributed by atoms with Gasteiger partial charge in [0, 0.05) is 60.3 Å². The largest absolute Gasteiger partial charge is 0.673 e. The average molecular weight is 768 g/mol. The highest BCUT2D eigenvalue weighted by molar-refractivity contribution is 6.50. The van der Waals surface area contributed by atoms with Crippen molar-refractivity contribution in [2.45, 2.75) is 77.0 Å². The molecule has 12 heteroatoms. The van der Waals surface area contributed by atoms with Crippen molar-refractivity contribution in [1.82, 2.24) is 5.06 Å². The fourth-order valence-electron chi connectivity index (χ4n) is 8.35. The highest BCUT2D eigenvalue weighted by Gasteiger charge is 2.44. The van der Waals surface area contributed by atoms with E-state index in [1.165, 1.54) is 55.5 Å². The summed E-state index contributed by atoms with van der Waals surface area (Å²) in [5.74, 6) is -1.44. The Bertz CT molecular complexity index is 2300. The third-order valence-corrected chi connectivity index (χ3v) is 10.8. The molecular formula is C44H46BF4N3O4. The van der Waals surface area contributed by atoms with Gasteiger partial charge in [-0.2, -0.15) is 4.58 Å². The summed E-state index contributed by atoms with van der Waals surface area (Å²) in [4.78, 5) is 43.4. The Labute approximate surface area is 324 Å². The summed E-state index contributed by atoms with van der Waals surface area (Å²) >= 11 is 0. The molecule has 7 nitrogen and oxygen atoms in total. The van der Waals surface area contributed by atoms with Crippen molar-refractivity contribution in [3.05, 3.63) is 120 Å². The number of halogens is 4. The van der Waals surface area contributed by atoms with Gasteiger partial charge in [0.2, 0.25) is 5.69 Å². The zero-order valence-electron chi connectivity index (χ0n) is 32.3. The first kappa shape index (κ1) is 40.2. The Balaban J connectivity index is 0.00000100. The van der Waals surface area contributed by atoms with Crippen LogP contribution in [0.1, 0.15) is 77.3 Å². The number of carbonyl (C=O) groups excluding carboxylic acids is 3. The first-order chi connectivity index (χ1) is 26.5. The Morgan fingerprint density at radius 1 is 0.768 bits per heavy atom. The fraction of sp³-hybridized carbons (Fsp3) is 0.318. The van der Waals surface area contributed by atoms with Crippen molar-refractivity contribution in [1.29, 1.82) is 0 Å². The number of imide groups is 1. The van der Waals surface area contributed by atoms with E-state index in [4.69, 9.17) is 4.84 Å². The lowest BCUT2D eigenvalue weighted by Gasteiger charge is -2.27. The third-order valence-electron chi connectivity index (χ3n) is 10.8. The highest BCUT2D eigenvalue weighted by atomic mass is 19.5. The van der Waals surface area contributed by atoms with Crippen LogP contribution in [0.2, 0.25) is 0 Å². The van der Waals surface area contributed by atoms with Gasteiger partial charge in [-0.1, -0.05) is 93.1 Å². The number of allylic oxidation sites excluding steroid dienone is 6. The van der Waals surface area contributed by atoms with Crippen molar-refractivity contribution in [3.8, 4) is 0 Å². The van der Waals surface area contributed by atoms with Gasteiger partial charge in [0.1, 0.15) is 7.05 Å². The first-order valence-corrected chi connectivity index (χ1v) is 18.9. The number of fused-ring (bicyclic) bond motifs is 6. The van der Waals surface area contributed by atoms with E-state index in [0.717, 1.165) is 19.4 Å². The normalized spacial score (nSPS) is 18.1. The van der Waals surface area contributed by atoms with Crippen LogP contribution in [0, 0.1) is 0 Å². The Morgan fingerprint density at radius 2 is 1.36 bits per heavy atom. The summed E-state index contributed by atoms with van der Waals surface area (Å²) in [6.07, 6.45) is 13.6. The number of hydrogen-bond donors (Lipinski definition) is 0. The predicted molar refractivity (Wildman–Crippen MR) is 214 cm³/mol. The SMILES string of the molecule is C[N+]1=C(C=CC=CC=C2N(CCCCCC(=O)ON3C(=O)CCC3=O)c3ccc4ccccc4c3C2(C)C)C(C)(C)c2c1ccc1ccccc21.F[B-](F)(F)F. The third kappa shape index (κ3) is 8.20. The van der Waals surface area contributed by atoms with E-state index in [1.807, 2.05) is 0 Å². The van der Waals surface area contributed by atoms with E-state index in [9.17, 15) is 31.6 Å². The maximum Gasteiger partial charge on any atom is 0.673 e. The van der Waals surface area contributed by atoms with E-state index in [2.05, 4.69) is 147 Å². The Hall–Kier alpha value is -5.52. The Morgan fingerprint density at radius 3 is 2.00 bits per heavy atom. The fourth-order valence-corrected chi connectivity index (χ4v) is 8.35. The molecule has 0 spiro atoms.